The number of hydrogen-bond acceptors (Lipinski definition) is 4. The van der Waals surface area contributed by atoms with Crippen LogP contribution in [0.3, 0.4) is 0 Å². The molecule has 7 nitrogen and oxygen atoms in total. The Morgan fingerprint density at radius 3 is 2.79 bits per heavy atom. The Labute approximate surface area is 133 Å². The van der Waals surface area contributed by atoms with Crippen molar-refractivity contribution in [2.75, 3.05) is 10.6 Å². The van der Waals surface area contributed by atoms with E-state index in [1.807, 2.05) is 0 Å². The van der Waals surface area contributed by atoms with Crippen molar-refractivity contribution in [1.82, 2.24) is 15.5 Å². The lowest BCUT2D eigenvalue weighted by Crippen LogP contribution is -2.33. The van der Waals surface area contributed by atoms with E-state index in [4.69, 9.17) is 0 Å². The molecule has 3 amide bonds. The van der Waals surface area contributed by atoms with Gasteiger partial charge in [0.2, 0.25) is 0 Å². The molecule has 24 heavy (non-hydrogen) atoms. The second kappa shape index (κ2) is 5.80. The van der Waals surface area contributed by atoms with E-state index in [1.165, 1.54) is 12.1 Å². The highest BCUT2D eigenvalue weighted by atomic mass is 19.4. The Balaban J connectivity index is 1.87. The minimum absolute atomic E-state index is 0.0785. The van der Waals surface area contributed by atoms with Crippen molar-refractivity contribution < 1.29 is 22.8 Å². The van der Waals surface area contributed by atoms with Gasteiger partial charge in [0.1, 0.15) is 5.56 Å². The molecule has 2 heterocycles. The smallest absolute Gasteiger partial charge is 0.334 e. The van der Waals surface area contributed by atoms with Crippen LogP contribution in [0.4, 0.5) is 29.5 Å². The lowest BCUT2D eigenvalue weighted by Gasteiger charge is -2.19. The fourth-order valence-electron chi connectivity index (χ4n) is 2.16. The maximum absolute atomic E-state index is 12.9. The maximum atomic E-state index is 12.9. The summed E-state index contributed by atoms with van der Waals surface area (Å²) in [6.07, 6.45) is -3.78. The van der Waals surface area contributed by atoms with Crippen molar-refractivity contribution in [3.05, 3.63) is 47.2 Å². The average molecular weight is 337 g/mol. The summed E-state index contributed by atoms with van der Waals surface area (Å²) in [5.74, 6) is -1.48. The SMILES string of the molecule is O=C1NCc2ccc(C(=O)Nc3nnccc3C(F)(F)F)cc2N1. The topological polar surface area (TPSA) is 96.0 Å². The van der Waals surface area contributed by atoms with E-state index in [9.17, 15) is 22.8 Å². The molecular weight excluding hydrogens is 327 g/mol. The summed E-state index contributed by atoms with van der Waals surface area (Å²) >= 11 is 0. The number of anilines is 2. The molecule has 0 fully saturated rings. The van der Waals surface area contributed by atoms with Gasteiger partial charge < -0.3 is 16.0 Å². The molecule has 0 aliphatic carbocycles. The van der Waals surface area contributed by atoms with Crippen molar-refractivity contribution in [2.45, 2.75) is 12.7 Å². The monoisotopic (exact) mass is 337 g/mol. The number of aromatic nitrogens is 2. The van der Waals surface area contributed by atoms with Crippen LogP contribution in [-0.4, -0.2) is 22.1 Å². The molecule has 124 valence electrons. The summed E-state index contributed by atoms with van der Waals surface area (Å²) in [7, 11) is 0. The van der Waals surface area contributed by atoms with Gasteiger partial charge in [0.15, 0.2) is 5.82 Å². The summed E-state index contributed by atoms with van der Waals surface area (Å²) in [5.41, 5.74) is 0.152. The van der Waals surface area contributed by atoms with E-state index in [1.54, 1.807) is 6.07 Å². The minimum Gasteiger partial charge on any atom is -0.334 e. The van der Waals surface area contributed by atoms with Gasteiger partial charge >= 0.3 is 12.2 Å². The zero-order valence-corrected chi connectivity index (χ0v) is 11.9. The van der Waals surface area contributed by atoms with Crippen LogP contribution < -0.4 is 16.0 Å². The number of carbonyl (C=O) groups is 2. The maximum Gasteiger partial charge on any atom is 0.420 e. The normalized spacial score (nSPS) is 13.5. The fraction of sp³-hybridized carbons (Fsp3) is 0.143. The standard InChI is InChI=1S/C14H10F3N5O2/c15-14(16,17)9-3-4-19-22-11(9)21-12(23)7-1-2-8-6-18-13(24)20-10(8)5-7/h1-5H,6H2,(H2,18,20,24)(H,21,22,23). The number of alkyl halides is 3. The minimum atomic E-state index is -4.67. The lowest BCUT2D eigenvalue weighted by atomic mass is 10.1. The van der Waals surface area contributed by atoms with E-state index in [2.05, 4.69) is 26.1 Å². The number of benzene rings is 1. The molecule has 0 saturated heterocycles. The van der Waals surface area contributed by atoms with Crippen LogP contribution in [0.5, 0.6) is 0 Å². The first-order chi connectivity index (χ1) is 11.3. The molecule has 10 heteroatoms. The summed E-state index contributed by atoms with van der Waals surface area (Å²) in [4.78, 5) is 23.5. The second-order valence-corrected chi connectivity index (χ2v) is 4.92. The number of hydrogen-bond donors (Lipinski definition) is 3. The number of carbonyl (C=O) groups excluding carboxylic acids is 2. The van der Waals surface area contributed by atoms with Crippen molar-refractivity contribution >= 4 is 23.4 Å². The highest BCUT2D eigenvalue weighted by Gasteiger charge is 2.35. The van der Waals surface area contributed by atoms with Crippen LogP contribution in [0.25, 0.3) is 0 Å². The molecule has 1 aromatic heterocycles. The largest absolute Gasteiger partial charge is 0.420 e. The van der Waals surface area contributed by atoms with Gasteiger partial charge in [0.05, 0.1) is 6.20 Å². The molecule has 3 rings (SSSR count). The summed E-state index contributed by atoms with van der Waals surface area (Å²) in [6.45, 7) is 0.297. The van der Waals surface area contributed by atoms with Gasteiger partial charge in [-0.2, -0.15) is 18.3 Å². The highest BCUT2D eigenvalue weighted by molar-refractivity contribution is 6.05. The third-order valence-electron chi connectivity index (χ3n) is 3.32. The Kier molecular flexibility index (Phi) is 3.80. The number of nitrogens with one attached hydrogen (secondary N) is 3. The molecular formula is C14H10F3N5O2. The van der Waals surface area contributed by atoms with Gasteiger partial charge in [-0.25, -0.2) is 4.79 Å². The Morgan fingerprint density at radius 1 is 1.25 bits per heavy atom. The Bertz CT molecular complexity index is 822. The summed E-state index contributed by atoms with van der Waals surface area (Å²) in [5, 5.41) is 13.8. The van der Waals surface area contributed by atoms with Crippen LogP contribution in [0, 0.1) is 0 Å². The predicted molar refractivity (Wildman–Crippen MR) is 77.3 cm³/mol. The molecule has 0 spiro atoms. The van der Waals surface area contributed by atoms with E-state index >= 15 is 0 Å². The summed E-state index contributed by atoms with van der Waals surface area (Å²) in [6, 6.07) is 4.72. The molecule has 0 atom stereocenters. The van der Waals surface area contributed by atoms with Gasteiger partial charge in [-0.1, -0.05) is 6.07 Å². The van der Waals surface area contributed by atoms with E-state index in [-0.39, 0.29) is 5.56 Å². The molecule has 2 aromatic rings. The molecule has 1 aliphatic heterocycles. The van der Waals surface area contributed by atoms with Gasteiger partial charge in [-0.05, 0) is 23.8 Å². The zero-order valence-electron chi connectivity index (χ0n) is 11.9. The molecule has 0 saturated carbocycles. The van der Waals surface area contributed by atoms with Gasteiger partial charge in [0.25, 0.3) is 5.91 Å². The van der Waals surface area contributed by atoms with Gasteiger partial charge in [-0.15, -0.1) is 5.10 Å². The molecule has 3 N–H and O–H groups in total. The first-order valence-corrected chi connectivity index (χ1v) is 6.72. The second-order valence-electron chi connectivity index (χ2n) is 4.92. The zero-order chi connectivity index (χ0) is 17.3. The first kappa shape index (κ1) is 15.7. The van der Waals surface area contributed by atoms with E-state index < -0.39 is 29.5 Å². The molecule has 0 unspecified atom stereocenters. The van der Waals surface area contributed by atoms with Gasteiger partial charge in [-0.3, -0.25) is 4.79 Å². The quantitative estimate of drug-likeness (QED) is 0.784. The van der Waals surface area contributed by atoms with E-state index in [0.29, 0.717) is 12.2 Å². The first-order valence-electron chi connectivity index (χ1n) is 6.72. The van der Waals surface area contributed by atoms with Crippen LogP contribution in [-0.2, 0) is 12.7 Å². The third kappa shape index (κ3) is 3.12. The van der Waals surface area contributed by atoms with Crippen molar-refractivity contribution in [2.24, 2.45) is 0 Å². The lowest BCUT2D eigenvalue weighted by molar-refractivity contribution is -0.137. The number of halogens is 3. The van der Waals surface area contributed by atoms with Crippen molar-refractivity contribution in [3.63, 3.8) is 0 Å². The van der Waals surface area contributed by atoms with Crippen LogP contribution in [0.1, 0.15) is 21.5 Å². The number of amides is 3. The molecule has 0 radical (unpaired) electrons. The number of rotatable bonds is 2. The van der Waals surface area contributed by atoms with Crippen molar-refractivity contribution in [3.8, 4) is 0 Å². The fourth-order valence-corrected chi connectivity index (χ4v) is 2.16. The summed E-state index contributed by atoms with van der Waals surface area (Å²) < 4.78 is 38.7. The molecule has 0 bridgehead atoms. The van der Waals surface area contributed by atoms with Gasteiger partial charge in [0, 0.05) is 17.8 Å². The highest BCUT2D eigenvalue weighted by Crippen LogP contribution is 2.33. The number of urea groups is 1. The van der Waals surface area contributed by atoms with Crippen LogP contribution >= 0.6 is 0 Å². The third-order valence-corrected chi connectivity index (χ3v) is 3.32. The molecule has 1 aliphatic rings. The number of fused-ring (bicyclic) bond motifs is 1. The Morgan fingerprint density at radius 2 is 2.04 bits per heavy atom. The Hall–Kier alpha value is -3.17. The van der Waals surface area contributed by atoms with E-state index in [0.717, 1.165) is 17.8 Å². The molecule has 1 aromatic carbocycles. The average Bonchev–Trinajstić information content (AvgIpc) is 2.53. The van der Waals surface area contributed by atoms with Crippen LogP contribution in [0.15, 0.2) is 30.5 Å². The van der Waals surface area contributed by atoms with Crippen LogP contribution in [0.2, 0.25) is 0 Å². The van der Waals surface area contributed by atoms with Crippen molar-refractivity contribution in [1.29, 1.82) is 0 Å². The predicted octanol–water partition coefficient (Wildman–Crippen LogP) is 2.38. The number of nitrogens with zero attached hydrogens (tertiary/aromatic N) is 2.